The molecule has 0 saturated carbocycles. The predicted octanol–water partition coefficient (Wildman–Crippen LogP) is 19.5. The van der Waals surface area contributed by atoms with Gasteiger partial charge in [-0.25, -0.2) is 0 Å². The molecule has 11 aromatic rings. The average Bonchev–Trinajstić information content (AvgIpc) is 3.62. The van der Waals surface area contributed by atoms with Crippen molar-refractivity contribution in [2.24, 2.45) is 0 Å². The first-order valence-electron chi connectivity index (χ1n) is 27.5. The average molecular weight is 991 g/mol. The quantitative estimate of drug-likeness (QED) is 0.154. The third-order valence-corrected chi connectivity index (χ3v) is 17.2. The molecule has 1 aromatic heterocycles. The Hall–Kier alpha value is -8.72. The Balaban J connectivity index is 1.06. The van der Waals surface area contributed by atoms with E-state index in [1.54, 1.807) is 0 Å². The van der Waals surface area contributed by atoms with Crippen LogP contribution in [0.4, 0.5) is 11.4 Å². The number of anilines is 2. The van der Waals surface area contributed by atoms with Crippen LogP contribution in [-0.2, 0) is 16.2 Å². The molecule has 77 heavy (non-hydrogen) atoms. The first-order valence-corrected chi connectivity index (χ1v) is 27.5. The van der Waals surface area contributed by atoms with Crippen molar-refractivity contribution < 1.29 is 0 Å². The summed E-state index contributed by atoms with van der Waals surface area (Å²) < 4.78 is 2.46. The number of para-hydroxylation sites is 2. The van der Waals surface area contributed by atoms with Crippen LogP contribution in [0.15, 0.2) is 255 Å². The topological polar surface area (TPSA) is 8.17 Å². The van der Waals surface area contributed by atoms with Crippen molar-refractivity contribution in [1.29, 1.82) is 0 Å². The molecule has 3 aliphatic carbocycles. The van der Waals surface area contributed by atoms with Crippen molar-refractivity contribution in [2.45, 2.75) is 69.7 Å². The number of fused-ring (bicyclic) bond motifs is 13. The van der Waals surface area contributed by atoms with Gasteiger partial charge < -0.3 is 9.47 Å². The second kappa shape index (κ2) is 17.7. The second-order valence-electron chi connectivity index (χ2n) is 23.6. The van der Waals surface area contributed by atoms with E-state index in [1.807, 2.05) is 0 Å². The molecule has 0 amide bonds. The fraction of sp³-hybridized carbons (Fsp3) is 0.147. The number of hydrogen-bond donors (Lipinski definition) is 0. The van der Waals surface area contributed by atoms with Crippen molar-refractivity contribution in [1.82, 2.24) is 4.57 Å². The molecule has 372 valence electrons. The highest BCUT2D eigenvalue weighted by Crippen LogP contribution is 2.65. The fourth-order valence-corrected chi connectivity index (χ4v) is 13.5. The van der Waals surface area contributed by atoms with Crippen LogP contribution >= 0.6 is 0 Å². The van der Waals surface area contributed by atoms with E-state index in [4.69, 9.17) is 0 Å². The smallest absolute Gasteiger partial charge is 0.0726 e. The van der Waals surface area contributed by atoms with E-state index < -0.39 is 5.41 Å². The van der Waals surface area contributed by atoms with Crippen molar-refractivity contribution in [3.63, 3.8) is 0 Å². The molecular formula is C75H62N2. The maximum atomic E-state index is 2.71. The van der Waals surface area contributed by atoms with Gasteiger partial charge in [0.15, 0.2) is 0 Å². The summed E-state index contributed by atoms with van der Waals surface area (Å²) in [6.45, 7) is 14.1. The molecule has 14 rings (SSSR count). The molecule has 2 heteroatoms. The van der Waals surface area contributed by atoms with Gasteiger partial charge in [0, 0.05) is 39.3 Å². The summed E-state index contributed by atoms with van der Waals surface area (Å²) in [5.41, 5.74) is 24.8. The van der Waals surface area contributed by atoms with E-state index in [0.717, 1.165) is 11.4 Å². The van der Waals surface area contributed by atoms with Gasteiger partial charge in [-0.1, -0.05) is 260 Å². The van der Waals surface area contributed by atoms with Crippen molar-refractivity contribution in [2.75, 3.05) is 4.90 Å². The lowest BCUT2D eigenvalue weighted by Crippen LogP contribution is -2.36. The molecule has 2 atom stereocenters. The van der Waals surface area contributed by atoms with E-state index in [-0.39, 0.29) is 22.8 Å². The van der Waals surface area contributed by atoms with Crippen LogP contribution < -0.4 is 4.90 Å². The molecule has 1 heterocycles. The summed E-state index contributed by atoms with van der Waals surface area (Å²) in [7, 11) is 0. The Labute approximate surface area is 454 Å². The molecule has 0 radical (unpaired) electrons. The predicted molar refractivity (Wildman–Crippen MR) is 325 cm³/mol. The molecule has 2 unspecified atom stereocenters. The standard InChI is InChI=1S/C75H62N2/c1-73(2,3)50-40-43-58-59-44-41-51(74(4,5)6)47-67(59)75(66(58)46-50)64-35-20-17-34-63(64)72-65(75)36-23-39-70(72)77(53-42-45-62-61-33-19-22-38-69(61)76(71(62)48-53)52-26-11-8-12-27-52)68-37-21-18-32-60(68)57-31-16-15-30-56(57)55-29-14-13-28-54(55)49-24-9-7-10-25-49/h7-48,60,68H,1-6H3. The van der Waals surface area contributed by atoms with Gasteiger partial charge in [0.2, 0.25) is 0 Å². The minimum Gasteiger partial charge on any atom is -0.333 e. The first kappa shape index (κ1) is 46.8. The van der Waals surface area contributed by atoms with Crippen LogP contribution in [-0.4, -0.2) is 10.6 Å². The number of allylic oxidation sites excluding steroid dienone is 2. The summed E-state index contributed by atoms with van der Waals surface area (Å²) >= 11 is 0. The van der Waals surface area contributed by atoms with Gasteiger partial charge in [-0.15, -0.1) is 0 Å². The molecular weight excluding hydrogens is 929 g/mol. The van der Waals surface area contributed by atoms with Gasteiger partial charge in [-0.2, -0.15) is 0 Å². The van der Waals surface area contributed by atoms with Crippen molar-refractivity contribution >= 4 is 33.2 Å². The highest BCUT2D eigenvalue weighted by molar-refractivity contribution is 6.10. The summed E-state index contributed by atoms with van der Waals surface area (Å²) in [6.07, 6.45) is 9.45. The zero-order chi connectivity index (χ0) is 52.2. The number of benzene rings is 10. The SMILES string of the molecule is CC(C)(C)c1ccc2c(c1)C1(c3cc(C(C)(C)C)ccc3-2)c2ccccc2-c2c(N(c3ccc4c5ccccc5n(-c5ccccc5)c4c3)C3C=CC=CC3c3ccccc3-c3ccccc3-c3ccccc3)cccc21. The molecule has 0 N–H and O–H groups in total. The first-order chi connectivity index (χ1) is 37.5. The number of nitrogens with zero attached hydrogens (tertiary/aromatic N) is 2. The lowest BCUT2D eigenvalue weighted by Gasteiger charge is -2.39. The Bertz CT molecular complexity index is 4130. The summed E-state index contributed by atoms with van der Waals surface area (Å²) in [4.78, 5) is 2.71. The fourth-order valence-electron chi connectivity index (χ4n) is 13.5. The Morgan fingerprint density at radius 3 is 1.69 bits per heavy atom. The van der Waals surface area contributed by atoms with E-state index in [1.165, 1.54) is 111 Å². The monoisotopic (exact) mass is 990 g/mol. The zero-order valence-corrected chi connectivity index (χ0v) is 44.8. The van der Waals surface area contributed by atoms with Crippen LogP contribution in [0.3, 0.4) is 0 Å². The molecule has 0 saturated heterocycles. The highest BCUT2D eigenvalue weighted by Gasteiger charge is 2.53. The molecule has 0 bridgehead atoms. The third kappa shape index (κ3) is 7.22. The van der Waals surface area contributed by atoms with E-state index >= 15 is 0 Å². The molecule has 10 aromatic carbocycles. The maximum Gasteiger partial charge on any atom is 0.0726 e. The van der Waals surface area contributed by atoms with Crippen molar-refractivity contribution in [3.8, 4) is 50.2 Å². The zero-order valence-electron chi connectivity index (χ0n) is 44.8. The maximum absolute atomic E-state index is 2.71. The number of aromatic nitrogens is 1. The molecule has 1 spiro atoms. The summed E-state index contributed by atoms with van der Waals surface area (Å²) in [5, 5.41) is 2.48. The summed E-state index contributed by atoms with van der Waals surface area (Å²) in [5.74, 6) is -0.0335. The van der Waals surface area contributed by atoms with E-state index in [2.05, 4.69) is 306 Å². The molecule has 2 nitrogen and oxygen atoms in total. The third-order valence-electron chi connectivity index (χ3n) is 17.2. The Kier molecular flexibility index (Phi) is 10.7. The minimum atomic E-state index is -0.556. The van der Waals surface area contributed by atoms with Gasteiger partial charge in [0.1, 0.15) is 0 Å². The number of rotatable bonds is 7. The van der Waals surface area contributed by atoms with Gasteiger partial charge in [0.25, 0.3) is 0 Å². The van der Waals surface area contributed by atoms with Crippen LogP contribution in [0.1, 0.15) is 86.4 Å². The van der Waals surface area contributed by atoms with Crippen LogP contribution in [0, 0.1) is 0 Å². The Morgan fingerprint density at radius 1 is 0.403 bits per heavy atom. The van der Waals surface area contributed by atoms with Crippen LogP contribution in [0.2, 0.25) is 0 Å². The normalized spacial score (nSPS) is 15.9. The highest BCUT2D eigenvalue weighted by atomic mass is 15.2. The lowest BCUT2D eigenvalue weighted by atomic mass is 9.69. The van der Waals surface area contributed by atoms with Crippen molar-refractivity contribution in [3.05, 3.63) is 294 Å². The van der Waals surface area contributed by atoms with Crippen LogP contribution in [0.25, 0.3) is 72.0 Å². The summed E-state index contributed by atoms with van der Waals surface area (Å²) in [6, 6.07) is 87.2. The lowest BCUT2D eigenvalue weighted by molar-refractivity contribution is 0.586. The largest absolute Gasteiger partial charge is 0.333 e. The Morgan fingerprint density at radius 2 is 0.974 bits per heavy atom. The molecule has 0 aliphatic heterocycles. The van der Waals surface area contributed by atoms with Gasteiger partial charge >= 0.3 is 0 Å². The molecule has 3 aliphatic rings. The number of hydrogen-bond acceptors (Lipinski definition) is 1. The van der Waals surface area contributed by atoms with E-state index in [9.17, 15) is 0 Å². The molecule has 0 fully saturated rings. The van der Waals surface area contributed by atoms with Crippen LogP contribution in [0.5, 0.6) is 0 Å². The van der Waals surface area contributed by atoms with Gasteiger partial charge in [-0.05, 0) is 125 Å². The van der Waals surface area contributed by atoms with Gasteiger partial charge in [-0.3, -0.25) is 0 Å². The minimum absolute atomic E-state index is 0.0335. The van der Waals surface area contributed by atoms with E-state index in [0.29, 0.717) is 0 Å². The van der Waals surface area contributed by atoms with Gasteiger partial charge in [0.05, 0.1) is 22.5 Å². The second-order valence-corrected chi connectivity index (χ2v) is 23.6.